The first-order valence-electron chi connectivity index (χ1n) is 8.91. The van der Waals surface area contributed by atoms with Crippen LogP contribution in [0.15, 0.2) is 34.7 Å². The highest BCUT2D eigenvalue weighted by atomic mass is 16.5. The second-order valence-electron chi connectivity index (χ2n) is 5.96. The molecular weight excluding hydrogens is 334 g/mol. The van der Waals surface area contributed by atoms with Gasteiger partial charge in [0.1, 0.15) is 17.1 Å². The van der Waals surface area contributed by atoms with Gasteiger partial charge in [-0.05, 0) is 30.5 Å². The standard InChI is InChI=1S/C20H25NO5/c1-3-5-12-25-15-8-6-14(7-9-15)10-11-21-19(22)18-13-16(20(23)24)17(4-2)26-18/h6-9,13H,3-5,10-12H2,1-2H3,(H,21,22)(H,23,24). The van der Waals surface area contributed by atoms with E-state index in [0.29, 0.717) is 31.8 Å². The second-order valence-corrected chi connectivity index (χ2v) is 5.96. The Kier molecular flexibility index (Phi) is 7.26. The summed E-state index contributed by atoms with van der Waals surface area (Å²) >= 11 is 0. The van der Waals surface area contributed by atoms with Crippen LogP contribution in [0.4, 0.5) is 0 Å². The second kappa shape index (κ2) is 9.65. The van der Waals surface area contributed by atoms with Gasteiger partial charge in [-0.15, -0.1) is 0 Å². The molecule has 0 saturated carbocycles. The van der Waals surface area contributed by atoms with Gasteiger partial charge in [-0.3, -0.25) is 4.79 Å². The van der Waals surface area contributed by atoms with E-state index in [0.717, 1.165) is 24.2 Å². The number of carbonyl (C=O) groups excluding carboxylic acids is 1. The van der Waals surface area contributed by atoms with Crippen molar-refractivity contribution in [3.8, 4) is 5.75 Å². The summed E-state index contributed by atoms with van der Waals surface area (Å²) in [6.45, 7) is 5.05. The zero-order valence-electron chi connectivity index (χ0n) is 15.2. The number of carbonyl (C=O) groups is 2. The molecule has 0 atom stereocenters. The van der Waals surface area contributed by atoms with Gasteiger partial charge in [0.25, 0.3) is 5.91 Å². The molecule has 1 aromatic carbocycles. The van der Waals surface area contributed by atoms with Crippen molar-refractivity contribution in [3.05, 3.63) is 53.0 Å². The number of hydrogen-bond donors (Lipinski definition) is 2. The van der Waals surface area contributed by atoms with E-state index in [1.807, 2.05) is 24.3 Å². The molecule has 2 rings (SSSR count). The SMILES string of the molecule is CCCCOc1ccc(CCNC(=O)c2cc(C(=O)O)c(CC)o2)cc1. The Morgan fingerprint density at radius 1 is 1.19 bits per heavy atom. The molecule has 0 aliphatic carbocycles. The van der Waals surface area contributed by atoms with Crippen molar-refractivity contribution < 1.29 is 23.8 Å². The summed E-state index contributed by atoms with van der Waals surface area (Å²) in [7, 11) is 0. The number of unbranched alkanes of at least 4 members (excludes halogenated alkanes) is 1. The number of benzene rings is 1. The smallest absolute Gasteiger partial charge is 0.339 e. The molecule has 0 aliphatic heterocycles. The number of carboxylic acid groups (broad SMARTS) is 1. The highest BCUT2D eigenvalue weighted by molar-refractivity contribution is 5.96. The fourth-order valence-corrected chi connectivity index (χ4v) is 2.48. The van der Waals surface area contributed by atoms with Gasteiger partial charge >= 0.3 is 5.97 Å². The predicted octanol–water partition coefficient (Wildman–Crippen LogP) is 3.69. The van der Waals surface area contributed by atoms with Crippen LogP contribution in [0.2, 0.25) is 0 Å². The lowest BCUT2D eigenvalue weighted by Gasteiger charge is -2.07. The molecule has 2 N–H and O–H groups in total. The largest absolute Gasteiger partial charge is 0.494 e. The van der Waals surface area contributed by atoms with E-state index >= 15 is 0 Å². The van der Waals surface area contributed by atoms with Crippen LogP contribution in [0.1, 0.15) is 58.9 Å². The Bertz CT molecular complexity index is 733. The number of carboxylic acids is 1. The van der Waals surface area contributed by atoms with Gasteiger partial charge in [0, 0.05) is 19.0 Å². The van der Waals surface area contributed by atoms with E-state index in [-0.39, 0.29) is 11.3 Å². The molecule has 6 nitrogen and oxygen atoms in total. The van der Waals surface area contributed by atoms with Crippen molar-refractivity contribution >= 4 is 11.9 Å². The minimum atomic E-state index is -1.09. The van der Waals surface area contributed by atoms with E-state index in [1.54, 1.807) is 6.92 Å². The van der Waals surface area contributed by atoms with Gasteiger partial charge in [-0.1, -0.05) is 32.4 Å². The normalized spacial score (nSPS) is 10.5. The van der Waals surface area contributed by atoms with E-state index in [1.165, 1.54) is 6.07 Å². The highest BCUT2D eigenvalue weighted by Crippen LogP contribution is 2.17. The highest BCUT2D eigenvalue weighted by Gasteiger charge is 2.19. The summed E-state index contributed by atoms with van der Waals surface area (Å²) < 4.78 is 11.0. The van der Waals surface area contributed by atoms with Crippen molar-refractivity contribution in [2.24, 2.45) is 0 Å². The average molecular weight is 359 g/mol. The van der Waals surface area contributed by atoms with Crippen molar-refractivity contribution in [1.29, 1.82) is 0 Å². The van der Waals surface area contributed by atoms with Gasteiger partial charge in [0.05, 0.1) is 6.61 Å². The third-order valence-corrected chi connectivity index (χ3v) is 3.97. The fraction of sp³-hybridized carbons (Fsp3) is 0.400. The van der Waals surface area contributed by atoms with Crippen molar-refractivity contribution in [1.82, 2.24) is 5.32 Å². The number of nitrogens with one attached hydrogen (secondary N) is 1. The monoisotopic (exact) mass is 359 g/mol. The molecule has 1 heterocycles. The molecule has 2 aromatic rings. The van der Waals surface area contributed by atoms with Crippen LogP contribution in [0, 0.1) is 0 Å². The fourth-order valence-electron chi connectivity index (χ4n) is 2.48. The maximum absolute atomic E-state index is 12.1. The summed E-state index contributed by atoms with van der Waals surface area (Å²) in [4.78, 5) is 23.2. The van der Waals surface area contributed by atoms with E-state index in [9.17, 15) is 9.59 Å². The quantitative estimate of drug-likeness (QED) is 0.632. The maximum atomic E-state index is 12.1. The molecule has 140 valence electrons. The molecule has 0 unspecified atom stereocenters. The Balaban J connectivity index is 1.83. The molecule has 0 aliphatic rings. The van der Waals surface area contributed by atoms with Gasteiger partial charge in [-0.25, -0.2) is 4.79 Å². The Morgan fingerprint density at radius 3 is 2.50 bits per heavy atom. The number of rotatable bonds is 10. The summed E-state index contributed by atoms with van der Waals surface area (Å²) in [5.41, 5.74) is 1.12. The zero-order valence-corrected chi connectivity index (χ0v) is 15.2. The molecule has 0 bridgehead atoms. The number of ether oxygens (including phenoxy) is 1. The van der Waals surface area contributed by atoms with Gasteiger partial charge in [-0.2, -0.15) is 0 Å². The van der Waals surface area contributed by atoms with Crippen LogP contribution in [-0.2, 0) is 12.8 Å². The minimum Gasteiger partial charge on any atom is -0.494 e. The molecule has 1 amide bonds. The van der Waals surface area contributed by atoms with Gasteiger partial charge in [0.2, 0.25) is 0 Å². The number of amides is 1. The molecule has 0 spiro atoms. The summed E-state index contributed by atoms with van der Waals surface area (Å²) in [6.07, 6.45) is 3.21. The lowest BCUT2D eigenvalue weighted by Crippen LogP contribution is -2.25. The van der Waals surface area contributed by atoms with Crippen molar-refractivity contribution in [2.75, 3.05) is 13.2 Å². The summed E-state index contributed by atoms with van der Waals surface area (Å²) in [6, 6.07) is 9.06. The van der Waals surface area contributed by atoms with Gasteiger partial charge in [0.15, 0.2) is 5.76 Å². The molecule has 0 fully saturated rings. The van der Waals surface area contributed by atoms with E-state index < -0.39 is 11.9 Å². The molecular formula is C20H25NO5. The first kappa shape index (κ1) is 19.6. The Hall–Kier alpha value is -2.76. The third kappa shape index (κ3) is 5.37. The van der Waals surface area contributed by atoms with Crippen LogP contribution in [0.5, 0.6) is 5.75 Å². The summed E-state index contributed by atoms with van der Waals surface area (Å²) in [5, 5.41) is 11.9. The predicted molar refractivity (Wildman–Crippen MR) is 97.9 cm³/mol. The number of furan rings is 1. The van der Waals surface area contributed by atoms with Crippen LogP contribution < -0.4 is 10.1 Å². The first-order valence-corrected chi connectivity index (χ1v) is 8.91. The third-order valence-electron chi connectivity index (χ3n) is 3.97. The van der Waals surface area contributed by atoms with Crippen molar-refractivity contribution in [2.45, 2.75) is 39.5 Å². The minimum absolute atomic E-state index is 0.0268. The lowest BCUT2D eigenvalue weighted by molar-refractivity contribution is 0.0694. The van der Waals surface area contributed by atoms with E-state index in [2.05, 4.69) is 12.2 Å². The molecule has 26 heavy (non-hydrogen) atoms. The van der Waals surface area contributed by atoms with Crippen LogP contribution in [-0.4, -0.2) is 30.1 Å². The van der Waals surface area contributed by atoms with Crippen LogP contribution >= 0.6 is 0 Å². The Morgan fingerprint density at radius 2 is 1.92 bits per heavy atom. The lowest BCUT2D eigenvalue weighted by atomic mass is 10.1. The summed E-state index contributed by atoms with van der Waals surface area (Å²) in [5.74, 6) is -0.326. The maximum Gasteiger partial charge on any atom is 0.339 e. The molecule has 6 heteroatoms. The number of hydrogen-bond acceptors (Lipinski definition) is 4. The van der Waals surface area contributed by atoms with E-state index in [4.69, 9.17) is 14.3 Å². The topological polar surface area (TPSA) is 88.8 Å². The molecule has 0 radical (unpaired) electrons. The first-order chi connectivity index (χ1) is 12.5. The molecule has 1 aromatic heterocycles. The zero-order chi connectivity index (χ0) is 18.9. The average Bonchev–Trinajstić information content (AvgIpc) is 3.08. The number of aromatic carboxylic acids is 1. The van der Waals surface area contributed by atoms with Crippen LogP contribution in [0.3, 0.4) is 0 Å². The van der Waals surface area contributed by atoms with Crippen LogP contribution in [0.25, 0.3) is 0 Å². The number of aryl methyl sites for hydroxylation is 1. The van der Waals surface area contributed by atoms with Crippen molar-refractivity contribution in [3.63, 3.8) is 0 Å². The Labute approximate surface area is 153 Å². The van der Waals surface area contributed by atoms with Gasteiger partial charge < -0.3 is 19.6 Å². The molecule has 0 saturated heterocycles.